The average Bonchev–Trinajstić information content (AvgIpc) is 2.91. The molecule has 1 aliphatic heterocycles. The van der Waals surface area contributed by atoms with Crippen molar-refractivity contribution in [2.24, 2.45) is 0 Å². The summed E-state index contributed by atoms with van der Waals surface area (Å²) >= 11 is 6.34. The van der Waals surface area contributed by atoms with Crippen molar-refractivity contribution >= 4 is 11.6 Å². The Morgan fingerprint density at radius 2 is 1.90 bits per heavy atom. The molecule has 0 fully saturated rings. The summed E-state index contributed by atoms with van der Waals surface area (Å²) < 4.78 is 32.2. The third-order valence-electron chi connectivity index (χ3n) is 3.54. The van der Waals surface area contributed by atoms with Gasteiger partial charge < -0.3 is 4.74 Å². The maximum absolute atomic E-state index is 13.6. The van der Waals surface area contributed by atoms with Crippen LogP contribution in [-0.4, -0.2) is 0 Å². The van der Waals surface area contributed by atoms with Gasteiger partial charge in [0.05, 0.1) is 18.6 Å². The van der Waals surface area contributed by atoms with E-state index in [0.717, 1.165) is 22.8 Å². The second-order valence-corrected chi connectivity index (χ2v) is 5.43. The van der Waals surface area contributed by atoms with Crippen LogP contribution in [-0.2, 0) is 24.4 Å². The Morgan fingerprint density at radius 1 is 1.10 bits per heavy atom. The van der Waals surface area contributed by atoms with Gasteiger partial charge in [0.15, 0.2) is 11.6 Å². The van der Waals surface area contributed by atoms with Gasteiger partial charge in [0.25, 0.3) is 0 Å². The predicted octanol–water partition coefficient (Wildman–Crippen LogP) is 4.52. The van der Waals surface area contributed by atoms with Crippen molar-refractivity contribution in [2.45, 2.75) is 25.0 Å². The minimum absolute atomic E-state index is 0.255. The van der Waals surface area contributed by atoms with Gasteiger partial charge in [-0.3, -0.25) is 0 Å². The molecule has 2 aromatic rings. The van der Waals surface area contributed by atoms with Gasteiger partial charge >= 0.3 is 0 Å². The van der Waals surface area contributed by atoms with Crippen molar-refractivity contribution in [2.75, 3.05) is 0 Å². The van der Waals surface area contributed by atoms with Crippen LogP contribution in [0.1, 0.15) is 27.6 Å². The lowest BCUT2D eigenvalue weighted by molar-refractivity contribution is 0.134. The van der Waals surface area contributed by atoms with Gasteiger partial charge in [-0.05, 0) is 34.7 Å². The molecule has 0 radical (unpaired) electrons. The molecular formula is C16H13ClF2O. The van der Waals surface area contributed by atoms with E-state index in [-0.39, 0.29) is 6.42 Å². The van der Waals surface area contributed by atoms with Crippen LogP contribution >= 0.6 is 11.6 Å². The first kappa shape index (κ1) is 13.5. The zero-order chi connectivity index (χ0) is 14.1. The molecule has 0 bridgehead atoms. The summed E-state index contributed by atoms with van der Waals surface area (Å²) in [6.07, 6.45) is 0.255. The maximum atomic E-state index is 13.6. The molecule has 1 atom stereocenters. The molecule has 3 rings (SSSR count). The molecule has 20 heavy (non-hydrogen) atoms. The van der Waals surface area contributed by atoms with Crippen LogP contribution in [0.4, 0.5) is 8.78 Å². The van der Waals surface area contributed by atoms with Crippen LogP contribution in [0.15, 0.2) is 36.4 Å². The minimum atomic E-state index is -0.839. The number of halogens is 3. The number of ether oxygens (including phenoxy) is 1. The van der Waals surface area contributed by atoms with Crippen LogP contribution in [0.3, 0.4) is 0 Å². The highest BCUT2D eigenvalue weighted by atomic mass is 35.5. The predicted molar refractivity (Wildman–Crippen MR) is 73.6 cm³/mol. The highest BCUT2D eigenvalue weighted by molar-refractivity contribution is 6.20. The third kappa shape index (κ3) is 2.56. The molecule has 0 amide bonds. The topological polar surface area (TPSA) is 9.23 Å². The molecule has 1 heterocycles. The lowest BCUT2D eigenvalue weighted by Gasteiger charge is -2.12. The minimum Gasteiger partial charge on any atom is -0.372 e. The van der Waals surface area contributed by atoms with Crippen molar-refractivity contribution in [3.8, 4) is 0 Å². The van der Waals surface area contributed by atoms with Gasteiger partial charge in [0.1, 0.15) is 0 Å². The van der Waals surface area contributed by atoms with E-state index in [4.69, 9.17) is 16.3 Å². The van der Waals surface area contributed by atoms with Crippen molar-refractivity contribution in [1.29, 1.82) is 0 Å². The van der Waals surface area contributed by atoms with Crippen molar-refractivity contribution in [1.82, 2.24) is 0 Å². The second-order valence-electron chi connectivity index (χ2n) is 4.91. The number of hydrogen-bond acceptors (Lipinski definition) is 1. The fourth-order valence-electron chi connectivity index (χ4n) is 2.40. The number of hydrogen-bond donors (Lipinski definition) is 0. The standard InChI is InChI=1S/C16H13ClF2O/c17-14(7-11-2-1-3-15(18)16(11)19)10-4-5-12-8-20-9-13(12)6-10/h1-6,14H,7-9H2. The summed E-state index contributed by atoms with van der Waals surface area (Å²) in [5, 5.41) is -0.391. The lowest BCUT2D eigenvalue weighted by Crippen LogP contribution is -2.01. The molecule has 0 aromatic heterocycles. The average molecular weight is 295 g/mol. The fourth-order valence-corrected chi connectivity index (χ4v) is 2.71. The van der Waals surface area contributed by atoms with Gasteiger partial charge in [-0.1, -0.05) is 30.3 Å². The van der Waals surface area contributed by atoms with E-state index < -0.39 is 17.0 Å². The van der Waals surface area contributed by atoms with Crippen molar-refractivity contribution in [3.63, 3.8) is 0 Å². The first-order valence-electron chi connectivity index (χ1n) is 6.41. The highest BCUT2D eigenvalue weighted by Crippen LogP contribution is 2.30. The van der Waals surface area contributed by atoms with E-state index in [1.807, 2.05) is 18.2 Å². The molecule has 1 nitrogen and oxygen atoms in total. The van der Waals surface area contributed by atoms with Crippen molar-refractivity contribution < 1.29 is 13.5 Å². The first-order valence-corrected chi connectivity index (χ1v) is 6.85. The molecule has 4 heteroatoms. The van der Waals surface area contributed by atoms with Crippen molar-refractivity contribution in [3.05, 3.63) is 70.3 Å². The largest absolute Gasteiger partial charge is 0.372 e. The van der Waals surface area contributed by atoms with E-state index in [9.17, 15) is 8.78 Å². The molecule has 1 aliphatic rings. The Hall–Kier alpha value is -1.45. The van der Waals surface area contributed by atoms with Crippen LogP contribution in [0, 0.1) is 11.6 Å². The Bertz CT molecular complexity index is 642. The Morgan fingerprint density at radius 3 is 2.75 bits per heavy atom. The number of alkyl halides is 1. The summed E-state index contributed by atoms with van der Waals surface area (Å²) in [4.78, 5) is 0. The monoisotopic (exact) mass is 294 g/mol. The van der Waals surface area contributed by atoms with Crippen LogP contribution in [0.25, 0.3) is 0 Å². The smallest absolute Gasteiger partial charge is 0.162 e. The molecule has 0 aliphatic carbocycles. The molecular weight excluding hydrogens is 282 g/mol. The summed E-state index contributed by atoms with van der Waals surface area (Å²) in [5.41, 5.74) is 3.48. The highest BCUT2D eigenvalue weighted by Gasteiger charge is 2.17. The first-order chi connectivity index (χ1) is 9.65. The summed E-state index contributed by atoms with van der Waals surface area (Å²) in [6.45, 7) is 1.21. The van der Waals surface area contributed by atoms with Gasteiger partial charge in [-0.15, -0.1) is 11.6 Å². The van der Waals surface area contributed by atoms with E-state index in [0.29, 0.717) is 18.8 Å². The summed E-state index contributed by atoms with van der Waals surface area (Å²) in [7, 11) is 0. The SMILES string of the molecule is Fc1cccc(CC(Cl)c2ccc3c(c2)COC3)c1F. The Labute approximate surface area is 121 Å². The van der Waals surface area contributed by atoms with Gasteiger partial charge in [0.2, 0.25) is 0 Å². The van der Waals surface area contributed by atoms with Gasteiger partial charge in [-0.25, -0.2) is 8.78 Å². The number of rotatable bonds is 3. The van der Waals surface area contributed by atoms with E-state index >= 15 is 0 Å². The fraction of sp³-hybridized carbons (Fsp3) is 0.250. The third-order valence-corrected chi connectivity index (χ3v) is 3.94. The molecule has 2 aromatic carbocycles. The second kappa shape index (κ2) is 5.51. The molecule has 104 valence electrons. The summed E-state index contributed by atoms with van der Waals surface area (Å²) in [6, 6.07) is 10.0. The molecule has 0 saturated heterocycles. The molecule has 0 spiro atoms. The number of benzene rings is 2. The zero-order valence-electron chi connectivity index (χ0n) is 10.7. The van der Waals surface area contributed by atoms with Crippen LogP contribution < -0.4 is 0 Å². The van der Waals surface area contributed by atoms with Gasteiger partial charge in [-0.2, -0.15) is 0 Å². The molecule has 0 N–H and O–H groups in total. The zero-order valence-corrected chi connectivity index (χ0v) is 11.5. The van der Waals surface area contributed by atoms with Crippen LogP contribution in [0.5, 0.6) is 0 Å². The summed E-state index contributed by atoms with van der Waals surface area (Å²) in [5.74, 6) is -1.66. The lowest BCUT2D eigenvalue weighted by atomic mass is 10.00. The Balaban J connectivity index is 1.82. The number of fused-ring (bicyclic) bond motifs is 1. The quantitative estimate of drug-likeness (QED) is 0.756. The molecule has 0 saturated carbocycles. The van der Waals surface area contributed by atoms with Crippen LogP contribution in [0.2, 0.25) is 0 Å². The normalized spacial score (nSPS) is 15.2. The molecule has 1 unspecified atom stereocenters. The van der Waals surface area contributed by atoms with E-state index in [2.05, 4.69) is 0 Å². The Kier molecular flexibility index (Phi) is 3.72. The van der Waals surface area contributed by atoms with E-state index in [1.165, 1.54) is 6.07 Å². The van der Waals surface area contributed by atoms with Gasteiger partial charge in [0, 0.05) is 0 Å². The van der Waals surface area contributed by atoms with E-state index in [1.54, 1.807) is 6.07 Å². The maximum Gasteiger partial charge on any atom is 0.162 e.